The van der Waals surface area contributed by atoms with Gasteiger partial charge in [-0.1, -0.05) is 35.4 Å². The fourth-order valence-electron chi connectivity index (χ4n) is 3.06. The fraction of sp³-hybridized carbons (Fsp3) is 0.136. The number of aromatic nitrogens is 3. The molecular weight excluding hydrogens is 366 g/mol. The second kappa shape index (κ2) is 7.27. The third-order valence-corrected chi connectivity index (χ3v) is 4.69. The van der Waals surface area contributed by atoms with E-state index in [9.17, 15) is 9.59 Å². The van der Waals surface area contributed by atoms with Gasteiger partial charge >= 0.3 is 0 Å². The molecule has 0 saturated heterocycles. The summed E-state index contributed by atoms with van der Waals surface area (Å²) in [7, 11) is 0. The van der Waals surface area contributed by atoms with E-state index < -0.39 is 11.1 Å². The Labute approximate surface area is 166 Å². The molecule has 0 aliphatic carbocycles. The van der Waals surface area contributed by atoms with E-state index in [1.165, 1.54) is 4.68 Å². The minimum Gasteiger partial charge on any atom is -0.328 e. The molecule has 7 heteroatoms. The lowest BCUT2D eigenvalue weighted by Crippen LogP contribution is -2.27. The predicted molar refractivity (Wildman–Crippen MR) is 113 cm³/mol. The van der Waals surface area contributed by atoms with Gasteiger partial charge in [0.25, 0.3) is 11.1 Å². The maximum atomic E-state index is 13.1. The first-order chi connectivity index (χ1) is 13.9. The van der Waals surface area contributed by atoms with E-state index in [0.717, 1.165) is 11.1 Å². The monoisotopic (exact) mass is 385 g/mol. The van der Waals surface area contributed by atoms with Crippen molar-refractivity contribution in [3.8, 4) is 5.69 Å². The summed E-state index contributed by atoms with van der Waals surface area (Å²) in [6.07, 6.45) is 1.55. The molecule has 0 aliphatic heterocycles. The predicted octanol–water partition coefficient (Wildman–Crippen LogP) is 4.41. The average molecular weight is 385 g/mol. The Hall–Kier alpha value is -3.87. The number of benzene rings is 2. The van der Waals surface area contributed by atoms with Crippen LogP contribution in [0, 0.1) is 20.8 Å². The largest absolute Gasteiger partial charge is 0.328 e. The Balaban J connectivity index is 1.99. The number of aromatic amines is 1. The molecule has 0 spiro atoms. The van der Waals surface area contributed by atoms with E-state index >= 15 is 0 Å². The molecule has 0 unspecified atom stereocenters. The quantitative estimate of drug-likeness (QED) is 0.529. The molecule has 1 N–H and O–H groups in total. The average Bonchev–Trinajstić information content (AvgIpc) is 2.72. The normalized spacial score (nSPS) is 11.4. The zero-order chi connectivity index (χ0) is 20.5. The zero-order valence-corrected chi connectivity index (χ0v) is 16.3. The third-order valence-electron chi connectivity index (χ3n) is 4.69. The van der Waals surface area contributed by atoms with Gasteiger partial charge in [-0.25, -0.2) is 0 Å². The molecule has 0 radical (unpaired) electrons. The van der Waals surface area contributed by atoms with Crippen LogP contribution in [0.1, 0.15) is 16.7 Å². The van der Waals surface area contributed by atoms with Gasteiger partial charge in [0.15, 0.2) is 0 Å². The summed E-state index contributed by atoms with van der Waals surface area (Å²) < 4.78 is 1.19. The van der Waals surface area contributed by atoms with Gasteiger partial charge in [0.05, 0.1) is 11.4 Å². The van der Waals surface area contributed by atoms with Gasteiger partial charge in [0.1, 0.15) is 5.39 Å². The number of hydrogen-bond acceptors (Lipinski definition) is 5. The Morgan fingerprint density at radius 2 is 1.45 bits per heavy atom. The molecule has 0 bridgehead atoms. The summed E-state index contributed by atoms with van der Waals surface area (Å²) in [6.45, 7) is 5.74. The van der Waals surface area contributed by atoms with E-state index in [0.29, 0.717) is 22.3 Å². The van der Waals surface area contributed by atoms with Gasteiger partial charge in [-0.15, -0.1) is 15.3 Å². The van der Waals surface area contributed by atoms with E-state index in [2.05, 4.69) is 20.3 Å². The number of pyridine rings is 1. The Morgan fingerprint density at radius 1 is 0.828 bits per heavy atom. The molecule has 2 aromatic carbocycles. The van der Waals surface area contributed by atoms with Crippen molar-refractivity contribution >= 4 is 22.3 Å². The van der Waals surface area contributed by atoms with Crippen LogP contribution in [0.25, 0.3) is 16.5 Å². The molecule has 2 heterocycles. The molecule has 0 atom stereocenters. The number of rotatable bonds is 3. The van der Waals surface area contributed by atoms with Crippen molar-refractivity contribution in [2.45, 2.75) is 20.8 Å². The Bertz CT molecular complexity index is 1350. The molecule has 29 heavy (non-hydrogen) atoms. The lowest BCUT2D eigenvalue weighted by molar-refractivity contribution is 0.814. The summed E-state index contributed by atoms with van der Waals surface area (Å²) in [6, 6.07) is 14.9. The summed E-state index contributed by atoms with van der Waals surface area (Å²) >= 11 is 0. The van der Waals surface area contributed by atoms with Gasteiger partial charge in [0, 0.05) is 11.6 Å². The molecule has 7 nitrogen and oxygen atoms in total. The second-order valence-electron chi connectivity index (χ2n) is 6.96. The maximum Gasteiger partial charge on any atom is 0.285 e. The van der Waals surface area contributed by atoms with Gasteiger partial charge < -0.3 is 4.98 Å². The second-order valence-corrected chi connectivity index (χ2v) is 6.96. The minimum atomic E-state index is -0.497. The van der Waals surface area contributed by atoms with Gasteiger partial charge in [-0.05, 0) is 50.6 Å². The highest BCUT2D eigenvalue weighted by Gasteiger charge is 2.17. The summed E-state index contributed by atoms with van der Waals surface area (Å²) in [5.41, 5.74) is 3.08. The first kappa shape index (κ1) is 18.5. The summed E-state index contributed by atoms with van der Waals surface area (Å²) in [5, 5.41) is 13.4. The fourth-order valence-corrected chi connectivity index (χ4v) is 3.06. The van der Waals surface area contributed by atoms with Crippen LogP contribution < -0.4 is 11.1 Å². The van der Waals surface area contributed by atoms with E-state index in [4.69, 9.17) is 0 Å². The summed E-state index contributed by atoms with van der Waals surface area (Å²) in [4.78, 5) is 28.2. The van der Waals surface area contributed by atoms with Crippen molar-refractivity contribution in [2.24, 2.45) is 10.2 Å². The number of H-pyrrole nitrogens is 1. The molecule has 0 saturated carbocycles. The van der Waals surface area contributed by atoms with Crippen molar-refractivity contribution in [1.82, 2.24) is 14.8 Å². The van der Waals surface area contributed by atoms with Crippen molar-refractivity contribution in [2.75, 3.05) is 0 Å². The Kier molecular flexibility index (Phi) is 4.64. The number of aryl methyl sites for hydroxylation is 3. The van der Waals surface area contributed by atoms with Crippen molar-refractivity contribution in [1.29, 1.82) is 0 Å². The smallest absolute Gasteiger partial charge is 0.285 e. The molecule has 0 amide bonds. The maximum absolute atomic E-state index is 13.1. The lowest BCUT2D eigenvalue weighted by atomic mass is 10.1. The number of nitrogens with one attached hydrogen (secondary N) is 1. The van der Waals surface area contributed by atoms with E-state index in [1.54, 1.807) is 25.3 Å². The molecule has 2 aromatic heterocycles. The standard InChI is InChI=1S/C22H19N5O2/c1-13-4-8-16(9-5-13)24-25-20-18-15(3)12-23-21(28)19(18)22(29)27(26-20)17-10-6-14(2)7-11-17/h4-12H,1-3H3,(H,23,28). The van der Waals surface area contributed by atoms with Gasteiger partial charge in [-0.3, -0.25) is 9.59 Å². The number of azo groups is 1. The van der Waals surface area contributed by atoms with Crippen LogP contribution in [0.3, 0.4) is 0 Å². The Morgan fingerprint density at radius 3 is 2.10 bits per heavy atom. The first-order valence-corrected chi connectivity index (χ1v) is 9.15. The highest BCUT2D eigenvalue weighted by molar-refractivity contribution is 5.91. The van der Waals surface area contributed by atoms with Gasteiger partial charge in [0.2, 0.25) is 5.82 Å². The highest BCUT2D eigenvalue weighted by Crippen LogP contribution is 2.25. The number of fused-ring (bicyclic) bond motifs is 1. The number of nitrogens with zero attached hydrogens (tertiary/aromatic N) is 4. The lowest BCUT2D eigenvalue weighted by Gasteiger charge is -2.09. The van der Waals surface area contributed by atoms with Crippen LogP contribution in [0.15, 0.2) is 74.5 Å². The van der Waals surface area contributed by atoms with E-state index in [-0.39, 0.29) is 11.2 Å². The van der Waals surface area contributed by atoms with Crippen LogP contribution in [0.5, 0.6) is 0 Å². The van der Waals surface area contributed by atoms with Crippen molar-refractivity contribution in [3.05, 3.63) is 92.1 Å². The van der Waals surface area contributed by atoms with Crippen LogP contribution >= 0.6 is 0 Å². The topological polar surface area (TPSA) is 92.5 Å². The highest BCUT2D eigenvalue weighted by atomic mass is 16.1. The van der Waals surface area contributed by atoms with Crippen LogP contribution in [-0.4, -0.2) is 14.8 Å². The summed E-state index contributed by atoms with van der Waals surface area (Å²) in [5.74, 6) is 0.212. The molecular formula is C22H19N5O2. The van der Waals surface area contributed by atoms with Crippen LogP contribution in [0.2, 0.25) is 0 Å². The van der Waals surface area contributed by atoms with Crippen LogP contribution in [-0.2, 0) is 0 Å². The zero-order valence-electron chi connectivity index (χ0n) is 16.3. The van der Waals surface area contributed by atoms with Gasteiger partial charge in [-0.2, -0.15) is 4.68 Å². The molecule has 144 valence electrons. The van der Waals surface area contributed by atoms with E-state index in [1.807, 2.05) is 50.2 Å². The molecule has 0 fully saturated rings. The van der Waals surface area contributed by atoms with Crippen LogP contribution in [0.4, 0.5) is 11.5 Å². The number of hydrogen-bond donors (Lipinski definition) is 1. The third kappa shape index (κ3) is 3.50. The van der Waals surface area contributed by atoms with Crippen molar-refractivity contribution in [3.63, 3.8) is 0 Å². The molecule has 4 rings (SSSR count). The molecule has 4 aromatic rings. The SMILES string of the molecule is Cc1ccc(N=Nc2nn(-c3ccc(C)cc3)c(=O)c3c(=O)[nH]cc(C)c23)cc1. The first-order valence-electron chi connectivity index (χ1n) is 9.15. The minimum absolute atomic E-state index is 0.0124. The molecule has 0 aliphatic rings. The van der Waals surface area contributed by atoms with Crippen molar-refractivity contribution < 1.29 is 0 Å².